The fraction of sp³-hybridized carbons (Fsp3) is 0.0476. The van der Waals surface area contributed by atoms with Crippen LogP contribution in [0.25, 0.3) is 50.2 Å². The molecule has 234 valence electrons. The van der Waals surface area contributed by atoms with Gasteiger partial charge in [-0.1, -0.05) is 125 Å². The van der Waals surface area contributed by atoms with Crippen molar-refractivity contribution in [2.75, 3.05) is 18.6 Å². The lowest BCUT2D eigenvalue weighted by molar-refractivity contribution is 0.435. The molecule has 0 N–H and O–H groups in total. The number of rotatable bonds is 7. The number of hydrogen-bond donors (Lipinski definition) is 0. The van der Waals surface area contributed by atoms with Crippen LogP contribution in [-0.2, 0) is 0 Å². The first-order chi connectivity index (χ1) is 24.2. The van der Waals surface area contributed by atoms with Gasteiger partial charge in [0.1, 0.15) is 11.5 Å². The molecule has 0 radical (unpaired) electrons. The van der Waals surface area contributed by atoms with E-state index in [1.54, 1.807) is 0 Å². The van der Waals surface area contributed by atoms with E-state index in [0.717, 1.165) is 68.2 Å². The molecule has 0 atom stereocenters. The van der Waals surface area contributed by atoms with Crippen LogP contribution in [0.4, 0.5) is 5.69 Å². The normalized spacial score (nSPS) is 12.8. The summed E-state index contributed by atoms with van der Waals surface area (Å²) in [5.74, 6) is 1.65. The number of benzene rings is 5. The molecule has 0 aliphatic carbocycles. The maximum Gasteiger partial charge on any atom is 0.249 e. The summed E-state index contributed by atoms with van der Waals surface area (Å²) in [6.45, 7) is 0.586. The van der Waals surface area contributed by atoms with Crippen molar-refractivity contribution in [2.45, 2.75) is 0 Å². The van der Waals surface area contributed by atoms with Crippen molar-refractivity contribution in [3.05, 3.63) is 164 Å². The molecule has 0 spiro atoms. The zero-order chi connectivity index (χ0) is 32.7. The van der Waals surface area contributed by atoms with Gasteiger partial charge in [-0.25, -0.2) is 4.98 Å². The summed E-state index contributed by atoms with van der Waals surface area (Å²) in [7, 11) is 2.09. The van der Waals surface area contributed by atoms with E-state index in [2.05, 4.69) is 143 Å². The average molecular weight is 634 g/mol. The van der Waals surface area contributed by atoms with Gasteiger partial charge in [-0.05, 0) is 36.4 Å². The summed E-state index contributed by atoms with van der Waals surface area (Å²) in [5.41, 5.74) is 9.50. The monoisotopic (exact) mass is 633 g/mol. The summed E-state index contributed by atoms with van der Waals surface area (Å²) in [6, 6.07) is 51.1. The number of aromatic nitrogens is 3. The Balaban J connectivity index is 1.34. The van der Waals surface area contributed by atoms with Crippen molar-refractivity contribution in [2.24, 2.45) is 0 Å². The molecule has 1 aliphatic heterocycles. The van der Waals surface area contributed by atoms with E-state index >= 15 is 0 Å². The van der Waals surface area contributed by atoms with Crippen LogP contribution in [0, 0.1) is 0 Å². The van der Waals surface area contributed by atoms with Gasteiger partial charge in [-0.2, -0.15) is 0 Å². The minimum Gasteiger partial charge on any atom is -0.361 e. The van der Waals surface area contributed by atoms with E-state index in [4.69, 9.17) is 14.7 Å². The predicted octanol–water partition coefficient (Wildman–Crippen LogP) is 7.20. The van der Waals surface area contributed by atoms with E-state index < -0.39 is 0 Å². The zero-order valence-electron chi connectivity index (χ0n) is 27.0. The number of nitrogens with zero attached hydrogens (tertiary/aromatic N) is 5. The predicted molar refractivity (Wildman–Crippen MR) is 201 cm³/mol. The minimum atomic E-state index is -0.208. The molecule has 0 fully saturated rings. The molecule has 7 heteroatoms. The summed E-state index contributed by atoms with van der Waals surface area (Å²) < 4.78 is 8.61. The van der Waals surface area contributed by atoms with Gasteiger partial charge >= 0.3 is 0 Å². The molecule has 0 unspecified atom stereocenters. The summed E-state index contributed by atoms with van der Waals surface area (Å²) in [4.78, 5) is 9.24. The first-order valence-electron chi connectivity index (χ1n) is 16.5. The van der Waals surface area contributed by atoms with Gasteiger partial charge in [0.25, 0.3) is 0 Å². The molecule has 49 heavy (non-hydrogen) atoms. The Morgan fingerprint density at radius 1 is 0.633 bits per heavy atom. The molecule has 0 saturated carbocycles. The average Bonchev–Trinajstić information content (AvgIpc) is 3.89. The largest absolute Gasteiger partial charge is 0.361 e. The summed E-state index contributed by atoms with van der Waals surface area (Å²) >= 11 is 0. The molecule has 9 rings (SSSR count). The van der Waals surface area contributed by atoms with Crippen molar-refractivity contribution in [1.82, 2.24) is 19.6 Å². The minimum absolute atomic E-state index is 0.208. The van der Waals surface area contributed by atoms with Gasteiger partial charge in [0.15, 0.2) is 5.76 Å². The second-order valence-corrected chi connectivity index (χ2v) is 12.5. The lowest BCUT2D eigenvalue weighted by Crippen LogP contribution is -2.53. The molecular weight excluding hydrogens is 601 g/mol. The summed E-state index contributed by atoms with van der Waals surface area (Å²) in [5, 5.41) is 7.16. The fourth-order valence-corrected chi connectivity index (χ4v) is 7.17. The van der Waals surface area contributed by atoms with Gasteiger partial charge in [0.2, 0.25) is 6.71 Å². The molecule has 1 aliphatic rings. The first kappa shape index (κ1) is 28.9. The Labute approximate surface area is 285 Å². The van der Waals surface area contributed by atoms with Crippen molar-refractivity contribution in [3.63, 3.8) is 0 Å². The second kappa shape index (κ2) is 12.0. The molecule has 5 aromatic carbocycles. The lowest BCUT2D eigenvalue weighted by Gasteiger charge is -2.22. The highest BCUT2D eigenvalue weighted by Crippen LogP contribution is 2.32. The number of anilines is 1. The van der Waals surface area contributed by atoms with Gasteiger partial charge in [-0.15, -0.1) is 0 Å². The first-order valence-corrected chi connectivity index (χ1v) is 16.5. The Kier molecular flexibility index (Phi) is 7.09. The van der Waals surface area contributed by atoms with Crippen LogP contribution in [0.15, 0.2) is 169 Å². The van der Waals surface area contributed by atoms with E-state index in [-0.39, 0.29) is 6.71 Å². The number of para-hydroxylation sites is 1. The zero-order valence-corrected chi connectivity index (χ0v) is 27.0. The third kappa shape index (κ3) is 5.07. The number of hydrogen-bond acceptors (Lipinski definition) is 5. The second-order valence-electron chi connectivity index (χ2n) is 12.5. The van der Waals surface area contributed by atoms with Crippen LogP contribution >= 0.6 is 0 Å². The highest BCUT2D eigenvalue weighted by molar-refractivity contribution is 6.97. The third-order valence-electron chi connectivity index (χ3n) is 9.42. The molecule has 6 nitrogen and oxygen atoms in total. The van der Waals surface area contributed by atoms with Crippen molar-refractivity contribution >= 4 is 50.6 Å². The standard InChI is InChI=1S/C42H32BN5O/c1-46-25-26-47(29-46)34-18-12-17-32(27-34)43(40-41(30-13-4-2-5-14-30)45-49-42(40)31-15-6-3-7-16-31)33-22-23-36-35-19-8-9-20-37(35)48(38(36)28-33)39-21-10-11-24-44-39/h2-28H,29H2,1H3. The maximum absolute atomic E-state index is 6.34. The van der Waals surface area contributed by atoms with E-state index in [0.29, 0.717) is 0 Å². The Bertz CT molecular complexity index is 2400. The molecular formula is C42H32BN5O. The van der Waals surface area contributed by atoms with Crippen LogP contribution in [0.2, 0.25) is 0 Å². The molecule has 3 aromatic heterocycles. The van der Waals surface area contributed by atoms with Crippen molar-refractivity contribution < 1.29 is 4.52 Å². The molecule has 0 amide bonds. The van der Waals surface area contributed by atoms with E-state index in [9.17, 15) is 0 Å². The van der Waals surface area contributed by atoms with Gasteiger partial charge in [0, 0.05) is 58.7 Å². The quantitative estimate of drug-likeness (QED) is 0.174. The molecule has 0 bridgehead atoms. The van der Waals surface area contributed by atoms with Crippen LogP contribution < -0.4 is 21.3 Å². The topological polar surface area (TPSA) is 50.3 Å². The van der Waals surface area contributed by atoms with E-state index in [1.165, 1.54) is 10.8 Å². The Morgan fingerprint density at radius 2 is 1.37 bits per heavy atom. The smallest absolute Gasteiger partial charge is 0.249 e. The number of fused-ring (bicyclic) bond motifs is 3. The lowest BCUT2D eigenvalue weighted by atomic mass is 9.36. The van der Waals surface area contributed by atoms with Crippen LogP contribution in [0.5, 0.6) is 0 Å². The number of pyridine rings is 1. The van der Waals surface area contributed by atoms with Gasteiger partial charge in [0.05, 0.1) is 17.7 Å². The molecule has 4 heterocycles. The van der Waals surface area contributed by atoms with Crippen molar-refractivity contribution in [3.8, 4) is 28.4 Å². The van der Waals surface area contributed by atoms with Crippen LogP contribution in [-0.4, -0.2) is 40.0 Å². The Morgan fingerprint density at radius 3 is 2.14 bits per heavy atom. The van der Waals surface area contributed by atoms with Crippen LogP contribution in [0.3, 0.4) is 0 Å². The molecule has 0 saturated heterocycles. The highest BCUT2D eigenvalue weighted by atomic mass is 16.5. The van der Waals surface area contributed by atoms with E-state index in [1.807, 2.05) is 42.6 Å². The van der Waals surface area contributed by atoms with Crippen LogP contribution in [0.1, 0.15) is 0 Å². The van der Waals surface area contributed by atoms with Gasteiger partial charge < -0.3 is 14.3 Å². The SMILES string of the molecule is CN1C=CN(c2cccc(B(c3ccc4c5ccccc5n(-c5ccccn5)c4c3)c3c(-c4ccccc4)noc3-c3ccccc3)c2)C1. The Hall–Kier alpha value is -6.34. The molecule has 8 aromatic rings. The van der Waals surface area contributed by atoms with Crippen molar-refractivity contribution in [1.29, 1.82) is 0 Å². The maximum atomic E-state index is 6.34. The third-order valence-corrected chi connectivity index (χ3v) is 9.42. The van der Waals surface area contributed by atoms with Gasteiger partial charge in [-0.3, -0.25) is 4.57 Å². The summed E-state index contributed by atoms with van der Waals surface area (Å²) in [6.07, 6.45) is 6.10. The highest BCUT2D eigenvalue weighted by Gasteiger charge is 2.33. The fourth-order valence-electron chi connectivity index (χ4n) is 7.17.